The Morgan fingerprint density at radius 2 is 1.88 bits per heavy atom. The Balaban J connectivity index is 2.14. The summed E-state index contributed by atoms with van der Waals surface area (Å²) < 4.78 is 21.8. The third-order valence-electron chi connectivity index (χ3n) is 2.90. The van der Waals surface area contributed by atoms with E-state index in [0.717, 1.165) is 12.8 Å². The Bertz CT molecular complexity index is 316. The number of sulfone groups is 1. The number of thioether (sulfide) groups is 1. The summed E-state index contributed by atoms with van der Waals surface area (Å²) in [6.45, 7) is 0. The molecule has 0 unspecified atom stereocenters. The first kappa shape index (κ1) is 14.0. The molecule has 1 rings (SSSR count). The van der Waals surface area contributed by atoms with Crippen molar-refractivity contribution in [1.29, 1.82) is 0 Å². The van der Waals surface area contributed by atoms with Crippen molar-refractivity contribution in [2.24, 2.45) is 5.92 Å². The van der Waals surface area contributed by atoms with Crippen LogP contribution in [0.15, 0.2) is 0 Å². The van der Waals surface area contributed by atoms with Crippen LogP contribution < -0.4 is 0 Å². The van der Waals surface area contributed by atoms with E-state index < -0.39 is 9.84 Å². The van der Waals surface area contributed by atoms with Gasteiger partial charge in [0.05, 0.1) is 11.5 Å². The topological polar surface area (TPSA) is 51.2 Å². The van der Waals surface area contributed by atoms with Crippen molar-refractivity contribution in [3.8, 4) is 0 Å². The molecule has 5 heteroatoms. The standard InChI is InChI=1S/C11H20O3S2/c1-16(13,14)8-7-15-9-11(12)10-5-3-2-4-6-10/h10H,2-9H2,1H3. The molecule has 0 aromatic carbocycles. The lowest BCUT2D eigenvalue weighted by molar-refractivity contribution is -0.121. The lowest BCUT2D eigenvalue weighted by atomic mass is 9.87. The minimum absolute atomic E-state index is 0.176. The molecule has 0 bridgehead atoms. The maximum atomic E-state index is 11.8. The van der Waals surface area contributed by atoms with E-state index in [9.17, 15) is 13.2 Å². The summed E-state index contributed by atoms with van der Waals surface area (Å²) in [7, 11) is -2.88. The van der Waals surface area contributed by atoms with E-state index in [1.807, 2.05) is 0 Å². The fourth-order valence-electron chi connectivity index (χ4n) is 1.93. The normalized spacial score (nSPS) is 18.6. The van der Waals surface area contributed by atoms with Crippen LogP contribution in [0.2, 0.25) is 0 Å². The number of carbonyl (C=O) groups excluding carboxylic acids is 1. The van der Waals surface area contributed by atoms with Gasteiger partial charge in [-0.15, -0.1) is 0 Å². The van der Waals surface area contributed by atoms with Crippen molar-refractivity contribution in [1.82, 2.24) is 0 Å². The SMILES string of the molecule is CS(=O)(=O)CCSCC(=O)C1CCCCC1. The molecule has 0 spiro atoms. The van der Waals surface area contributed by atoms with Crippen LogP contribution in [0.4, 0.5) is 0 Å². The van der Waals surface area contributed by atoms with E-state index in [-0.39, 0.29) is 11.7 Å². The Morgan fingerprint density at radius 3 is 2.44 bits per heavy atom. The van der Waals surface area contributed by atoms with Gasteiger partial charge >= 0.3 is 0 Å². The molecule has 0 atom stereocenters. The van der Waals surface area contributed by atoms with Gasteiger partial charge in [0, 0.05) is 17.9 Å². The molecule has 0 N–H and O–H groups in total. The zero-order chi connectivity index (χ0) is 12.0. The van der Waals surface area contributed by atoms with Gasteiger partial charge in [0.1, 0.15) is 15.6 Å². The van der Waals surface area contributed by atoms with Crippen LogP contribution in [-0.4, -0.2) is 37.7 Å². The van der Waals surface area contributed by atoms with Gasteiger partial charge in [0.15, 0.2) is 0 Å². The number of carbonyl (C=O) groups is 1. The highest BCUT2D eigenvalue weighted by molar-refractivity contribution is 8.01. The fourth-order valence-corrected chi connectivity index (χ4v) is 4.19. The zero-order valence-corrected chi connectivity index (χ0v) is 11.4. The van der Waals surface area contributed by atoms with Crippen molar-refractivity contribution in [2.75, 3.05) is 23.5 Å². The molecule has 0 amide bonds. The quantitative estimate of drug-likeness (QED) is 0.688. The van der Waals surface area contributed by atoms with E-state index >= 15 is 0 Å². The van der Waals surface area contributed by atoms with Gasteiger partial charge in [-0.05, 0) is 12.8 Å². The van der Waals surface area contributed by atoms with Crippen molar-refractivity contribution in [2.45, 2.75) is 32.1 Å². The van der Waals surface area contributed by atoms with Crippen LogP contribution in [0.25, 0.3) is 0 Å². The lowest BCUT2D eigenvalue weighted by Crippen LogP contribution is -2.20. The summed E-state index contributed by atoms with van der Waals surface area (Å²) >= 11 is 1.45. The van der Waals surface area contributed by atoms with Gasteiger partial charge in [0.2, 0.25) is 0 Å². The molecule has 94 valence electrons. The summed E-state index contributed by atoms with van der Waals surface area (Å²) in [5.74, 6) is 1.77. The summed E-state index contributed by atoms with van der Waals surface area (Å²) in [4.78, 5) is 11.8. The first-order valence-corrected chi connectivity index (χ1v) is 8.99. The lowest BCUT2D eigenvalue weighted by Gasteiger charge is -2.19. The highest BCUT2D eigenvalue weighted by atomic mass is 32.2. The fraction of sp³-hybridized carbons (Fsp3) is 0.909. The first-order chi connectivity index (χ1) is 7.49. The Hall–Kier alpha value is -0.0300. The second-order valence-corrected chi connectivity index (χ2v) is 7.85. The van der Waals surface area contributed by atoms with Gasteiger partial charge < -0.3 is 0 Å². The summed E-state index contributed by atoms with van der Waals surface area (Å²) in [6.07, 6.45) is 6.90. The average Bonchev–Trinajstić information content (AvgIpc) is 2.24. The van der Waals surface area contributed by atoms with E-state index in [1.54, 1.807) is 0 Å². The van der Waals surface area contributed by atoms with Crippen LogP contribution in [0.5, 0.6) is 0 Å². The van der Waals surface area contributed by atoms with Gasteiger partial charge in [-0.25, -0.2) is 8.42 Å². The van der Waals surface area contributed by atoms with Crippen molar-refractivity contribution >= 4 is 27.4 Å². The average molecular weight is 264 g/mol. The van der Waals surface area contributed by atoms with Gasteiger partial charge in [-0.1, -0.05) is 19.3 Å². The molecule has 0 aromatic rings. The van der Waals surface area contributed by atoms with E-state index in [2.05, 4.69) is 0 Å². The molecule has 0 aliphatic heterocycles. The third kappa shape index (κ3) is 5.89. The zero-order valence-electron chi connectivity index (χ0n) is 9.78. The second-order valence-electron chi connectivity index (χ2n) is 4.48. The minimum Gasteiger partial charge on any atom is -0.298 e. The van der Waals surface area contributed by atoms with Gasteiger partial charge in [-0.3, -0.25) is 4.79 Å². The molecule has 3 nitrogen and oxygen atoms in total. The smallest absolute Gasteiger partial charge is 0.148 e. The third-order valence-corrected chi connectivity index (χ3v) is 5.09. The Kier molecular flexibility index (Phi) is 5.83. The summed E-state index contributed by atoms with van der Waals surface area (Å²) in [5, 5.41) is 0. The molecular weight excluding hydrogens is 244 g/mol. The number of hydrogen-bond acceptors (Lipinski definition) is 4. The molecule has 0 heterocycles. The van der Waals surface area contributed by atoms with Gasteiger partial charge in [-0.2, -0.15) is 11.8 Å². The van der Waals surface area contributed by atoms with E-state index in [0.29, 0.717) is 17.3 Å². The maximum Gasteiger partial charge on any atom is 0.148 e. The Labute approximate surface area is 102 Å². The van der Waals surface area contributed by atoms with Gasteiger partial charge in [0.25, 0.3) is 0 Å². The highest BCUT2D eigenvalue weighted by Crippen LogP contribution is 2.25. The molecule has 0 saturated heterocycles. The molecule has 1 fully saturated rings. The van der Waals surface area contributed by atoms with Crippen LogP contribution in [0.3, 0.4) is 0 Å². The predicted molar refractivity (Wildman–Crippen MR) is 68.6 cm³/mol. The largest absolute Gasteiger partial charge is 0.298 e. The molecule has 0 aromatic heterocycles. The first-order valence-electron chi connectivity index (χ1n) is 5.77. The second kappa shape index (κ2) is 6.64. The van der Waals surface area contributed by atoms with Crippen LogP contribution in [-0.2, 0) is 14.6 Å². The summed E-state index contributed by atoms with van der Waals surface area (Å²) in [5.41, 5.74) is 0. The number of Topliss-reactive ketones (excluding diaryl/α,β-unsaturated/α-hetero) is 1. The molecule has 0 radical (unpaired) electrons. The molecule has 1 aliphatic carbocycles. The molecular formula is C11H20O3S2. The van der Waals surface area contributed by atoms with Crippen LogP contribution in [0, 0.1) is 5.92 Å². The van der Waals surface area contributed by atoms with E-state index in [4.69, 9.17) is 0 Å². The number of ketones is 1. The van der Waals surface area contributed by atoms with Crippen molar-refractivity contribution in [3.05, 3.63) is 0 Å². The van der Waals surface area contributed by atoms with Crippen LogP contribution in [0.1, 0.15) is 32.1 Å². The van der Waals surface area contributed by atoms with Crippen molar-refractivity contribution < 1.29 is 13.2 Å². The number of hydrogen-bond donors (Lipinski definition) is 0. The van der Waals surface area contributed by atoms with E-state index in [1.165, 1.54) is 37.3 Å². The van der Waals surface area contributed by atoms with Crippen molar-refractivity contribution in [3.63, 3.8) is 0 Å². The number of rotatable bonds is 6. The maximum absolute atomic E-state index is 11.8. The predicted octanol–water partition coefficient (Wildman–Crippen LogP) is 1.91. The molecule has 1 saturated carbocycles. The Morgan fingerprint density at radius 1 is 1.25 bits per heavy atom. The molecule has 1 aliphatic rings. The highest BCUT2D eigenvalue weighted by Gasteiger charge is 2.20. The van der Waals surface area contributed by atoms with Crippen LogP contribution >= 0.6 is 11.8 Å². The summed E-state index contributed by atoms with van der Waals surface area (Å²) in [6, 6.07) is 0. The minimum atomic E-state index is -2.88. The monoisotopic (exact) mass is 264 g/mol. The molecule has 16 heavy (non-hydrogen) atoms.